The third kappa shape index (κ3) is 4.06. The first kappa shape index (κ1) is 14.1. The van der Waals surface area contributed by atoms with Crippen LogP contribution in [0.5, 0.6) is 0 Å². The second kappa shape index (κ2) is 6.71. The van der Waals surface area contributed by atoms with Crippen molar-refractivity contribution < 1.29 is 4.79 Å². The molecule has 104 valence electrons. The van der Waals surface area contributed by atoms with Gasteiger partial charge in [0.25, 0.3) is 0 Å². The van der Waals surface area contributed by atoms with Crippen molar-refractivity contribution in [1.29, 1.82) is 0 Å². The van der Waals surface area contributed by atoms with Crippen LogP contribution < -0.4 is 5.32 Å². The first-order valence-corrected chi connectivity index (χ1v) is 7.24. The average molecular weight is 260 g/mol. The van der Waals surface area contributed by atoms with Gasteiger partial charge in [-0.3, -0.25) is 4.79 Å². The van der Waals surface area contributed by atoms with E-state index >= 15 is 0 Å². The smallest absolute Gasteiger partial charge is 0.227 e. The maximum absolute atomic E-state index is 12.2. The number of benzene rings is 1. The Balaban J connectivity index is 1.94. The molecule has 1 heterocycles. The van der Waals surface area contributed by atoms with Crippen molar-refractivity contribution in [2.45, 2.75) is 32.6 Å². The van der Waals surface area contributed by atoms with Gasteiger partial charge in [0.2, 0.25) is 5.91 Å². The molecule has 2 rings (SSSR count). The van der Waals surface area contributed by atoms with Crippen molar-refractivity contribution in [2.75, 3.05) is 26.2 Å². The van der Waals surface area contributed by atoms with Crippen LogP contribution in [-0.2, 0) is 11.2 Å². The van der Waals surface area contributed by atoms with Crippen molar-refractivity contribution in [3.63, 3.8) is 0 Å². The maximum atomic E-state index is 12.2. The molecule has 1 aliphatic rings. The Hall–Kier alpha value is -1.35. The zero-order valence-electron chi connectivity index (χ0n) is 12.0. The van der Waals surface area contributed by atoms with Crippen LogP contribution in [0, 0.1) is 0 Å². The van der Waals surface area contributed by atoms with Crippen LogP contribution in [0.15, 0.2) is 24.3 Å². The molecule has 0 radical (unpaired) electrons. The predicted octanol–water partition coefficient (Wildman–Crippen LogP) is 2.17. The quantitative estimate of drug-likeness (QED) is 0.903. The molecule has 19 heavy (non-hydrogen) atoms. The molecule has 0 spiro atoms. The minimum absolute atomic E-state index is 0.251. The minimum Gasteiger partial charge on any atom is -0.341 e. The normalized spacial score (nSPS) is 16.5. The van der Waals surface area contributed by atoms with E-state index in [4.69, 9.17) is 0 Å². The summed E-state index contributed by atoms with van der Waals surface area (Å²) >= 11 is 0. The van der Waals surface area contributed by atoms with Gasteiger partial charge < -0.3 is 10.2 Å². The standard InChI is InChI=1S/C16H24N2O/c1-13(2)15-6-4-14(5-7-15)12-16(19)18-10-3-8-17-9-11-18/h4-7,13,17H,3,8-12H2,1-2H3. The fourth-order valence-electron chi connectivity index (χ4n) is 2.40. The van der Waals surface area contributed by atoms with Crippen molar-refractivity contribution in [3.8, 4) is 0 Å². The summed E-state index contributed by atoms with van der Waals surface area (Å²) in [5.41, 5.74) is 2.45. The Morgan fingerprint density at radius 1 is 1.21 bits per heavy atom. The van der Waals surface area contributed by atoms with Gasteiger partial charge in [-0.15, -0.1) is 0 Å². The molecule has 1 fully saturated rings. The molecule has 1 saturated heterocycles. The highest BCUT2D eigenvalue weighted by Gasteiger charge is 2.15. The summed E-state index contributed by atoms with van der Waals surface area (Å²) < 4.78 is 0. The van der Waals surface area contributed by atoms with Crippen LogP contribution in [0.2, 0.25) is 0 Å². The lowest BCUT2D eigenvalue weighted by atomic mass is 10.0. The third-order valence-corrected chi connectivity index (χ3v) is 3.69. The largest absolute Gasteiger partial charge is 0.341 e. The van der Waals surface area contributed by atoms with Gasteiger partial charge in [-0.05, 0) is 30.0 Å². The lowest BCUT2D eigenvalue weighted by Gasteiger charge is -2.20. The molecule has 0 unspecified atom stereocenters. The van der Waals surface area contributed by atoms with E-state index in [1.807, 2.05) is 4.90 Å². The molecule has 3 nitrogen and oxygen atoms in total. The van der Waals surface area contributed by atoms with Gasteiger partial charge >= 0.3 is 0 Å². The van der Waals surface area contributed by atoms with Crippen LogP contribution in [0.25, 0.3) is 0 Å². The second-order valence-electron chi connectivity index (χ2n) is 5.56. The number of amides is 1. The van der Waals surface area contributed by atoms with Crippen molar-refractivity contribution >= 4 is 5.91 Å². The van der Waals surface area contributed by atoms with Gasteiger partial charge in [0, 0.05) is 19.6 Å². The molecule has 1 aromatic rings. The highest BCUT2D eigenvalue weighted by molar-refractivity contribution is 5.78. The van der Waals surface area contributed by atoms with Gasteiger partial charge in [-0.1, -0.05) is 38.1 Å². The third-order valence-electron chi connectivity index (χ3n) is 3.69. The monoisotopic (exact) mass is 260 g/mol. The van der Waals surface area contributed by atoms with E-state index in [0.29, 0.717) is 12.3 Å². The number of nitrogens with zero attached hydrogens (tertiary/aromatic N) is 1. The van der Waals surface area contributed by atoms with Gasteiger partial charge in [0.1, 0.15) is 0 Å². The Bertz CT molecular complexity index is 403. The Kier molecular flexibility index (Phi) is 4.97. The van der Waals surface area contributed by atoms with E-state index in [2.05, 4.69) is 43.4 Å². The minimum atomic E-state index is 0.251. The van der Waals surface area contributed by atoms with Crippen molar-refractivity contribution in [2.24, 2.45) is 0 Å². The Morgan fingerprint density at radius 3 is 2.63 bits per heavy atom. The number of carbonyl (C=O) groups excluding carboxylic acids is 1. The fraction of sp³-hybridized carbons (Fsp3) is 0.562. The van der Waals surface area contributed by atoms with Gasteiger partial charge in [0.15, 0.2) is 0 Å². The summed E-state index contributed by atoms with van der Waals surface area (Å²) in [5, 5.41) is 3.32. The molecule has 1 amide bonds. The summed E-state index contributed by atoms with van der Waals surface area (Å²) in [7, 11) is 0. The summed E-state index contributed by atoms with van der Waals surface area (Å²) in [6, 6.07) is 8.45. The van der Waals surface area contributed by atoms with Crippen LogP contribution in [0.3, 0.4) is 0 Å². The average Bonchev–Trinajstić information content (AvgIpc) is 2.68. The lowest BCUT2D eigenvalue weighted by Crippen LogP contribution is -2.35. The highest BCUT2D eigenvalue weighted by atomic mass is 16.2. The zero-order valence-corrected chi connectivity index (χ0v) is 12.0. The molecule has 0 bridgehead atoms. The van der Waals surface area contributed by atoms with E-state index < -0.39 is 0 Å². The van der Waals surface area contributed by atoms with E-state index in [9.17, 15) is 4.79 Å². The molecular weight excluding hydrogens is 236 g/mol. The van der Waals surface area contributed by atoms with Crippen LogP contribution in [-0.4, -0.2) is 37.0 Å². The first-order chi connectivity index (χ1) is 9.16. The summed E-state index contributed by atoms with van der Waals surface area (Å²) in [6.45, 7) is 8.03. The molecule has 1 aliphatic heterocycles. The highest BCUT2D eigenvalue weighted by Crippen LogP contribution is 2.15. The van der Waals surface area contributed by atoms with E-state index in [-0.39, 0.29) is 5.91 Å². The van der Waals surface area contributed by atoms with Crippen molar-refractivity contribution in [3.05, 3.63) is 35.4 Å². The van der Waals surface area contributed by atoms with E-state index in [1.165, 1.54) is 5.56 Å². The predicted molar refractivity (Wildman–Crippen MR) is 78.3 cm³/mol. The fourth-order valence-corrected chi connectivity index (χ4v) is 2.40. The van der Waals surface area contributed by atoms with E-state index in [0.717, 1.165) is 38.2 Å². The van der Waals surface area contributed by atoms with E-state index in [1.54, 1.807) is 0 Å². The molecular formula is C16H24N2O. The molecule has 0 saturated carbocycles. The second-order valence-corrected chi connectivity index (χ2v) is 5.56. The number of hydrogen-bond acceptors (Lipinski definition) is 2. The molecule has 1 aromatic carbocycles. The van der Waals surface area contributed by atoms with Crippen LogP contribution in [0.1, 0.15) is 37.3 Å². The topological polar surface area (TPSA) is 32.3 Å². The van der Waals surface area contributed by atoms with Crippen LogP contribution in [0.4, 0.5) is 0 Å². The summed E-state index contributed by atoms with van der Waals surface area (Å²) in [6.07, 6.45) is 1.58. The molecule has 0 atom stereocenters. The van der Waals surface area contributed by atoms with Gasteiger partial charge in [-0.25, -0.2) is 0 Å². The van der Waals surface area contributed by atoms with Crippen molar-refractivity contribution in [1.82, 2.24) is 10.2 Å². The SMILES string of the molecule is CC(C)c1ccc(CC(=O)N2CCCNCC2)cc1. The number of carbonyl (C=O) groups is 1. The summed E-state index contributed by atoms with van der Waals surface area (Å²) in [5.74, 6) is 0.794. The number of rotatable bonds is 3. The lowest BCUT2D eigenvalue weighted by molar-refractivity contribution is -0.130. The Morgan fingerprint density at radius 2 is 1.95 bits per heavy atom. The Labute approximate surface area is 116 Å². The molecule has 1 N–H and O–H groups in total. The number of hydrogen-bond donors (Lipinski definition) is 1. The summed E-state index contributed by atoms with van der Waals surface area (Å²) in [4.78, 5) is 14.2. The number of nitrogens with one attached hydrogen (secondary N) is 1. The zero-order chi connectivity index (χ0) is 13.7. The molecule has 3 heteroatoms. The maximum Gasteiger partial charge on any atom is 0.227 e. The first-order valence-electron chi connectivity index (χ1n) is 7.24. The molecule has 0 aromatic heterocycles. The van der Waals surface area contributed by atoms with Gasteiger partial charge in [-0.2, -0.15) is 0 Å². The van der Waals surface area contributed by atoms with Crippen LogP contribution >= 0.6 is 0 Å². The van der Waals surface area contributed by atoms with Gasteiger partial charge in [0.05, 0.1) is 6.42 Å². The molecule has 0 aliphatic carbocycles.